The first kappa shape index (κ1) is 43.0. The van der Waals surface area contributed by atoms with E-state index in [1.807, 2.05) is 24.3 Å². The maximum Gasteiger partial charge on any atom is 0.183 e. The Morgan fingerprint density at radius 3 is 1.40 bits per heavy atom. The van der Waals surface area contributed by atoms with Crippen molar-refractivity contribution in [1.29, 1.82) is 0 Å². The van der Waals surface area contributed by atoms with Gasteiger partial charge in [-0.05, 0) is 30.9 Å². The normalized spacial score (nSPS) is 18.1. The zero-order chi connectivity index (χ0) is 34.4. The average Bonchev–Trinajstić information content (AvgIpc) is 3.12. The molecule has 1 aromatic rings. The zero-order valence-electron chi connectivity index (χ0n) is 32.0. The number of methoxy groups -OCH3 is 1. The van der Waals surface area contributed by atoms with Gasteiger partial charge >= 0.3 is 0 Å². The number of rotatable bonds is 33. The Hall–Kier alpha value is -1.14. The fourth-order valence-electron chi connectivity index (χ4n) is 7.07. The molecule has 0 aromatic heterocycles. The molecule has 1 heterocycles. The van der Waals surface area contributed by atoms with E-state index in [9.17, 15) is 5.11 Å². The van der Waals surface area contributed by atoms with Gasteiger partial charge in [-0.3, -0.25) is 0 Å². The van der Waals surface area contributed by atoms with Gasteiger partial charge in [-0.2, -0.15) is 0 Å². The molecule has 1 aliphatic rings. The lowest BCUT2D eigenvalue weighted by molar-refractivity contribution is -0.251. The molecule has 0 unspecified atom stereocenters. The Morgan fingerprint density at radius 2 is 1.02 bits per heavy atom. The molecule has 1 aliphatic heterocycles. The average molecular weight is 675 g/mol. The van der Waals surface area contributed by atoms with Crippen LogP contribution in [0.15, 0.2) is 24.3 Å². The number of hydrogen-bond acceptors (Lipinski definition) is 5. The molecule has 1 saturated heterocycles. The number of aliphatic hydroxyl groups is 1. The molecule has 0 aliphatic carbocycles. The Bertz CT molecular complexity index is 791. The van der Waals surface area contributed by atoms with Gasteiger partial charge in [-0.15, -0.1) is 0 Å². The molecule has 0 radical (unpaired) electrons. The molecule has 1 N–H and O–H groups in total. The van der Waals surface area contributed by atoms with Gasteiger partial charge in [0, 0.05) is 12.2 Å². The molecule has 0 spiro atoms. The zero-order valence-corrected chi connectivity index (χ0v) is 32.0. The van der Waals surface area contributed by atoms with Crippen molar-refractivity contribution < 1.29 is 24.1 Å². The van der Waals surface area contributed by atoms with E-state index in [2.05, 4.69) is 13.8 Å². The van der Waals surface area contributed by atoms with Gasteiger partial charge in [0.15, 0.2) is 6.29 Å². The highest BCUT2D eigenvalue weighted by Gasteiger charge is 2.37. The second kappa shape index (κ2) is 29.6. The second-order valence-corrected chi connectivity index (χ2v) is 15.1. The van der Waals surface area contributed by atoms with E-state index in [1.54, 1.807) is 7.11 Å². The summed E-state index contributed by atoms with van der Waals surface area (Å²) < 4.78 is 23.8. The molecule has 1 aromatic carbocycles. The van der Waals surface area contributed by atoms with Crippen molar-refractivity contribution in [2.24, 2.45) is 11.3 Å². The number of aliphatic hydroxyl groups excluding tert-OH is 1. The first-order valence-electron chi connectivity index (χ1n) is 20.7. The van der Waals surface area contributed by atoms with Crippen molar-refractivity contribution in [3.8, 4) is 5.75 Å². The van der Waals surface area contributed by atoms with Crippen LogP contribution in [-0.4, -0.2) is 45.3 Å². The van der Waals surface area contributed by atoms with E-state index in [-0.39, 0.29) is 6.61 Å². The van der Waals surface area contributed by atoms with Gasteiger partial charge in [-0.1, -0.05) is 180 Å². The molecule has 280 valence electrons. The molecule has 2 rings (SSSR count). The molecule has 0 amide bonds. The van der Waals surface area contributed by atoms with Crippen LogP contribution in [0.2, 0.25) is 0 Å². The van der Waals surface area contributed by atoms with Crippen LogP contribution in [0.3, 0.4) is 0 Å². The van der Waals surface area contributed by atoms with Gasteiger partial charge in [-0.25, -0.2) is 0 Å². The lowest BCUT2D eigenvalue weighted by Crippen LogP contribution is -2.45. The third-order valence-corrected chi connectivity index (χ3v) is 10.5. The van der Waals surface area contributed by atoms with E-state index >= 15 is 0 Å². The highest BCUT2D eigenvalue weighted by atomic mass is 16.7. The third-order valence-electron chi connectivity index (χ3n) is 10.5. The standard InChI is InChI=1S/C43H78O5/c1-4-6-8-10-12-14-16-18-20-22-24-26-28-39(29-27-25-23-21-19-17-15-13-11-9-7-5-2)34-46-36-43(35-44)37-47-42(48-38-43)40-30-32-41(45-3)33-31-40/h30-33,39,42,44H,4-29,34-38H2,1-3H3. The number of benzene rings is 1. The summed E-state index contributed by atoms with van der Waals surface area (Å²) in [6.45, 7) is 6.71. The van der Waals surface area contributed by atoms with Crippen LogP contribution in [0.4, 0.5) is 0 Å². The van der Waals surface area contributed by atoms with Crippen molar-refractivity contribution in [3.63, 3.8) is 0 Å². The fraction of sp³-hybridized carbons (Fsp3) is 0.860. The largest absolute Gasteiger partial charge is 0.497 e. The minimum Gasteiger partial charge on any atom is -0.497 e. The van der Waals surface area contributed by atoms with E-state index in [0.29, 0.717) is 25.7 Å². The molecule has 5 nitrogen and oxygen atoms in total. The second-order valence-electron chi connectivity index (χ2n) is 15.1. The van der Waals surface area contributed by atoms with Crippen LogP contribution in [-0.2, 0) is 14.2 Å². The maximum atomic E-state index is 10.3. The van der Waals surface area contributed by atoms with Gasteiger partial charge in [0.25, 0.3) is 0 Å². The van der Waals surface area contributed by atoms with E-state index in [1.165, 1.54) is 167 Å². The first-order valence-corrected chi connectivity index (χ1v) is 20.7. The molecular weight excluding hydrogens is 596 g/mol. The van der Waals surface area contributed by atoms with Crippen LogP contribution in [0.5, 0.6) is 5.75 Å². The van der Waals surface area contributed by atoms with E-state index in [4.69, 9.17) is 18.9 Å². The van der Waals surface area contributed by atoms with Crippen LogP contribution >= 0.6 is 0 Å². The Morgan fingerprint density at radius 1 is 0.625 bits per heavy atom. The highest BCUT2D eigenvalue weighted by Crippen LogP contribution is 2.33. The van der Waals surface area contributed by atoms with Crippen LogP contribution in [0.25, 0.3) is 0 Å². The summed E-state index contributed by atoms with van der Waals surface area (Å²) in [6, 6.07) is 7.79. The molecule has 0 saturated carbocycles. The minimum absolute atomic E-state index is 0.00444. The van der Waals surface area contributed by atoms with Gasteiger partial charge < -0.3 is 24.1 Å². The van der Waals surface area contributed by atoms with Crippen molar-refractivity contribution in [1.82, 2.24) is 0 Å². The maximum absolute atomic E-state index is 10.3. The Labute approximate surface area is 297 Å². The Kier molecular flexibility index (Phi) is 26.5. The molecule has 48 heavy (non-hydrogen) atoms. The molecule has 1 fully saturated rings. The monoisotopic (exact) mass is 675 g/mol. The summed E-state index contributed by atoms with van der Waals surface area (Å²) in [7, 11) is 1.67. The SMILES string of the molecule is CCCCCCCCCCCCCCC(CCCCCCCCCCCCCC)COCC1(CO)COC(c2ccc(OC)cc2)OC1. The summed E-state index contributed by atoms with van der Waals surface area (Å²) in [5.41, 5.74) is 0.465. The van der Waals surface area contributed by atoms with Crippen LogP contribution in [0, 0.1) is 11.3 Å². The van der Waals surface area contributed by atoms with Crippen LogP contribution < -0.4 is 4.74 Å². The quantitative estimate of drug-likeness (QED) is 0.0752. The lowest BCUT2D eigenvalue weighted by Gasteiger charge is -2.38. The Balaban J connectivity index is 1.67. The van der Waals surface area contributed by atoms with Crippen molar-refractivity contribution >= 4 is 0 Å². The minimum atomic E-state index is -0.500. The van der Waals surface area contributed by atoms with Gasteiger partial charge in [0.1, 0.15) is 5.75 Å². The molecule has 5 heteroatoms. The summed E-state index contributed by atoms with van der Waals surface area (Å²) in [5, 5.41) is 10.3. The predicted molar refractivity (Wildman–Crippen MR) is 203 cm³/mol. The molecule has 0 bridgehead atoms. The molecular formula is C43H78O5. The topological polar surface area (TPSA) is 57.2 Å². The van der Waals surface area contributed by atoms with Crippen molar-refractivity contribution in [3.05, 3.63) is 29.8 Å². The van der Waals surface area contributed by atoms with Crippen LogP contribution in [0.1, 0.15) is 193 Å². The van der Waals surface area contributed by atoms with Crippen molar-refractivity contribution in [2.75, 3.05) is 40.1 Å². The van der Waals surface area contributed by atoms with Crippen molar-refractivity contribution in [2.45, 2.75) is 187 Å². The number of ether oxygens (including phenoxy) is 4. The highest BCUT2D eigenvalue weighted by molar-refractivity contribution is 5.28. The smallest absolute Gasteiger partial charge is 0.183 e. The van der Waals surface area contributed by atoms with Gasteiger partial charge in [0.2, 0.25) is 0 Å². The number of unbranched alkanes of at least 4 members (excludes halogenated alkanes) is 22. The lowest BCUT2D eigenvalue weighted by atomic mass is 9.91. The predicted octanol–water partition coefficient (Wildman–Crippen LogP) is 12.5. The van der Waals surface area contributed by atoms with E-state index < -0.39 is 11.7 Å². The first-order chi connectivity index (χ1) is 23.7. The third kappa shape index (κ3) is 20.5. The van der Waals surface area contributed by atoms with E-state index in [0.717, 1.165) is 17.9 Å². The summed E-state index contributed by atoms with van der Waals surface area (Å²) in [5.74, 6) is 1.42. The fourth-order valence-corrected chi connectivity index (χ4v) is 7.07. The van der Waals surface area contributed by atoms with Gasteiger partial charge in [0.05, 0.1) is 39.0 Å². The number of hydrogen-bond donors (Lipinski definition) is 1. The molecule has 0 atom stereocenters. The summed E-state index contributed by atoms with van der Waals surface area (Å²) in [6.07, 6.45) is 35.5. The summed E-state index contributed by atoms with van der Waals surface area (Å²) >= 11 is 0. The summed E-state index contributed by atoms with van der Waals surface area (Å²) in [4.78, 5) is 0.